The van der Waals surface area contributed by atoms with Crippen molar-refractivity contribution < 1.29 is 14.4 Å². The molecule has 0 unspecified atom stereocenters. The van der Waals surface area contributed by atoms with Gasteiger partial charge in [-0.1, -0.05) is 16.8 Å². The second-order valence-electron chi connectivity index (χ2n) is 5.10. The van der Waals surface area contributed by atoms with Crippen molar-refractivity contribution in [2.75, 3.05) is 20.8 Å². The van der Waals surface area contributed by atoms with E-state index in [9.17, 15) is 4.79 Å². The quantitative estimate of drug-likeness (QED) is 0.369. The molecule has 9 heteroatoms. The third kappa shape index (κ3) is 5.21. The number of carbonyl (C=O) groups is 1. The Bertz CT molecular complexity index is 831. The zero-order chi connectivity index (χ0) is 19.1. The molecule has 0 fully saturated rings. The van der Waals surface area contributed by atoms with E-state index >= 15 is 0 Å². The summed E-state index contributed by atoms with van der Waals surface area (Å²) < 4.78 is 8.28. The first-order chi connectivity index (χ1) is 12.5. The van der Waals surface area contributed by atoms with Gasteiger partial charge in [-0.2, -0.15) is 0 Å². The van der Waals surface area contributed by atoms with Gasteiger partial charge in [-0.25, -0.2) is 4.68 Å². The minimum Gasteiger partial charge on any atom is -0.472 e. The molecule has 2 rings (SSSR count). The molecular weight excluding hydrogens is 471 g/mol. The number of aromatic nitrogens is 2. The molecular formula is C17H18ClIN4O3. The normalized spacial score (nSPS) is 12.0. The summed E-state index contributed by atoms with van der Waals surface area (Å²) in [7, 11) is 2.92. The van der Waals surface area contributed by atoms with Gasteiger partial charge in [0.1, 0.15) is 13.7 Å². The number of hydrogen-bond donors (Lipinski definition) is 1. The molecule has 0 saturated heterocycles. The van der Waals surface area contributed by atoms with Gasteiger partial charge >= 0.3 is 0 Å². The van der Waals surface area contributed by atoms with E-state index in [0.717, 1.165) is 9.26 Å². The van der Waals surface area contributed by atoms with Crippen LogP contribution in [0.2, 0.25) is 5.02 Å². The molecule has 0 aliphatic carbocycles. The summed E-state index contributed by atoms with van der Waals surface area (Å²) in [5, 5.41) is 11.3. The fourth-order valence-electron chi connectivity index (χ4n) is 2.01. The van der Waals surface area contributed by atoms with Gasteiger partial charge < -0.3 is 14.9 Å². The first-order valence-electron chi connectivity index (χ1n) is 7.60. The molecule has 1 N–H and O–H groups in total. The highest BCUT2D eigenvalue weighted by molar-refractivity contribution is 14.1. The highest BCUT2D eigenvalue weighted by Crippen LogP contribution is 2.21. The lowest BCUT2D eigenvalue weighted by Gasteiger charge is -2.05. The Morgan fingerprint density at radius 2 is 2.12 bits per heavy atom. The smallest absolute Gasteiger partial charge is 0.273 e. The lowest BCUT2D eigenvalue weighted by atomic mass is 10.1. The molecule has 0 aliphatic rings. The van der Waals surface area contributed by atoms with Crippen LogP contribution in [-0.2, 0) is 9.63 Å². The first kappa shape index (κ1) is 20.2. The van der Waals surface area contributed by atoms with Crippen LogP contribution in [0.4, 0.5) is 0 Å². The van der Waals surface area contributed by atoms with E-state index in [1.54, 1.807) is 29.8 Å². The number of oxime groups is 1. The number of benzene rings is 1. The number of amides is 1. The van der Waals surface area contributed by atoms with Crippen molar-refractivity contribution in [2.24, 2.45) is 5.16 Å². The van der Waals surface area contributed by atoms with Crippen LogP contribution in [0.5, 0.6) is 5.88 Å². The third-order valence-electron chi connectivity index (χ3n) is 3.34. The predicted molar refractivity (Wildman–Crippen MR) is 109 cm³/mol. The summed E-state index contributed by atoms with van der Waals surface area (Å²) in [5.74, 6) is 0.164. The fourth-order valence-corrected chi connectivity index (χ4v) is 2.66. The van der Waals surface area contributed by atoms with Crippen molar-refractivity contribution >= 4 is 45.8 Å². The van der Waals surface area contributed by atoms with Crippen LogP contribution in [0.15, 0.2) is 47.3 Å². The maximum atomic E-state index is 11.8. The van der Waals surface area contributed by atoms with Crippen LogP contribution in [0.1, 0.15) is 6.92 Å². The van der Waals surface area contributed by atoms with Gasteiger partial charge in [0.2, 0.25) is 5.88 Å². The summed E-state index contributed by atoms with van der Waals surface area (Å²) >= 11 is 8.06. The van der Waals surface area contributed by atoms with Crippen LogP contribution in [0.25, 0.3) is 5.69 Å². The maximum absolute atomic E-state index is 11.8. The van der Waals surface area contributed by atoms with Crippen molar-refractivity contribution in [3.05, 3.63) is 50.7 Å². The molecule has 26 heavy (non-hydrogen) atoms. The topological polar surface area (TPSA) is 77.7 Å². The van der Waals surface area contributed by atoms with Gasteiger partial charge in [0, 0.05) is 18.3 Å². The Kier molecular flexibility index (Phi) is 7.46. The monoisotopic (exact) mass is 488 g/mol. The van der Waals surface area contributed by atoms with E-state index in [1.807, 2.05) is 18.3 Å². The number of ether oxygens (including phenoxy) is 1. The molecule has 0 saturated carbocycles. The first-order valence-corrected chi connectivity index (χ1v) is 9.06. The zero-order valence-corrected chi connectivity index (χ0v) is 17.4. The highest BCUT2D eigenvalue weighted by Gasteiger charge is 2.13. The number of carbonyl (C=O) groups excluding carboxylic acids is 1. The second kappa shape index (κ2) is 9.58. The average molecular weight is 489 g/mol. The number of nitrogens with one attached hydrogen (secondary N) is 1. The third-order valence-corrected chi connectivity index (χ3v) is 4.33. The molecule has 0 radical (unpaired) electrons. The number of rotatable bonds is 7. The molecule has 1 aromatic heterocycles. The SMILES string of the molecule is CNC(=O)C(=N/OC)/C(C)=C\COc1nn(-c2ccc(Cl)cc2)cc1I. The number of hydrogen-bond acceptors (Lipinski definition) is 5. The van der Waals surface area contributed by atoms with Gasteiger partial charge in [0.25, 0.3) is 5.91 Å². The molecule has 1 amide bonds. The van der Waals surface area contributed by atoms with Crippen LogP contribution in [-0.4, -0.2) is 42.2 Å². The summed E-state index contributed by atoms with van der Waals surface area (Å²) in [6.45, 7) is 1.99. The lowest BCUT2D eigenvalue weighted by molar-refractivity contribution is -0.114. The Balaban J connectivity index is 2.09. The molecule has 0 aliphatic heterocycles. The Labute approximate surface area is 170 Å². The highest BCUT2D eigenvalue weighted by atomic mass is 127. The second-order valence-corrected chi connectivity index (χ2v) is 6.70. The van der Waals surface area contributed by atoms with E-state index in [0.29, 0.717) is 16.5 Å². The maximum Gasteiger partial charge on any atom is 0.273 e. The standard InChI is InChI=1S/C17H18ClIN4O3/c1-11(15(22-25-3)16(24)20-2)8-9-26-17-14(19)10-23(21-17)13-6-4-12(18)5-7-13/h4-8,10H,9H2,1-3H3,(H,20,24)/b11-8-,22-15+. The predicted octanol–water partition coefficient (Wildman–Crippen LogP) is 3.20. The van der Waals surface area contributed by atoms with E-state index in [-0.39, 0.29) is 18.2 Å². The van der Waals surface area contributed by atoms with Crippen molar-refractivity contribution in [1.82, 2.24) is 15.1 Å². The average Bonchev–Trinajstić information content (AvgIpc) is 3.00. The molecule has 1 aromatic carbocycles. The van der Waals surface area contributed by atoms with Crippen molar-refractivity contribution in [3.63, 3.8) is 0 Å². The van der Waals surface area contributed by atoms with Crippen LogP contribution in [0.3, 0.4) is 0 Å². The Morgan fingerprint density at radius 3 is 2.73 bits per heavy atom. The molecule has 138 valence electrons. The van der Waals surface area contributed by atoms with Crippen LogP contribution < -0.4 is 10.1 Å². The van der Waals surface area contributed by atoms with Gasteiger partial charge in [-0.05, 0) is 65.4 Å². The van der Waals surface area contributed by atoms with E-state index < -0.39 is 0 Å². The summed E-state index contributed by atoms with van der Waals surface area (Å²) in [5.41, 5.74) is 1.71. The van der Waals surface area contributed by atoms with Crippen molar-refractivity contribution in [2.45, 2.75) is 6.92 Å². The summed E-state index contributed by atoms with van der Waals surface area (Å²) in [6.07, 6.45) is 3.60. The van der Waals surface area contributed by atoms with Gasteiger partial charge in [-0.3, -0.25) is 4.79 Å². The van der Waals surface area contributed by atoms with Gasteiger partial charge in [0.15, 0.2) is 5.71 Å². The van der Waals surface area contributed by atoms with Gasteiger partial charge in [0.05, 0.1) is 9.26 Å². The number of nitrogens with zero attached hydrogens (tertiary/aromatic N) is 3. The Morgan fingerprint density at radius 1 is 1.42 bits per heavy atom. The molecule has 0 bridgehead atoms. The minimum atomic E-state index is -0.331. The largest absolute Gasteiger partial charge is 0.472 e. The van der Waals surface area contributed by atoms with E-state index in [2.05, 4.69) is 38.2 Å². The Hall–Kier alpha value is -2.07. The van der Waals surface area contributed by atoms with Crippen molar-refractivity contribution in [1.29, 1.82) is 0 Å². The minimum absolute atomic E-state index is 0.194. The van der Waals surface area contributed by atoms with Crippen LogP contribution >= 0.6 is 34.2 Å². The molecule has 0 atom stereocenters. The summed E-state index contributed by atoms with van der Waals surface area (Å²) in [6, 6.07) is 7.34. The van der Waals surface area contributed by atoms with Gasteiger partial charge in [-0.15, -0.1) is 5.10 Å². The molecule has 0 spiro atoms. The van der Waals surface area contributed by atoms with Crippen LogP contribution in [0, 0.1) is 3.57 Å². The van der Waals surface area contributed by atoms with E-state index in [4.69, 9.17) is 21.2 Å². The molecule has 1 heterocycles. The molecule has 2 aromatic rings. The zero-order valence-electron chi connectivity index (χ0n) is 14.5. The number of halogens is 2. The van der Waals surface area contributed by atoms with Crippen molar-refractivity contribution in [3.8, 4) is 11.6 Å². The summed E-state index contributed by atoms with van der Waals surface area (Å²) in [4.78, 5) is 16.5. The van der Waals surface area contributed by atoms with E-state index in [1.165, 1.54) is 14.2 Å². The fraction of sp³-hybridized carbons (Fsp3) is 0.235. The lowest BCUT2D eigenvalue weighted by Crippen LogP contribution is -2.28. The molecule has 7 nitrogen and oxygen atoms in total.